The number of aromatic nitrogens is 2. The number of nitrogens with one attached hydrogen (secondary N) is 1. The predicted molar refractivity (Wildman–Crippen MR) is 65.8 cm³/mol. The van der Waals surface area contributed by atoms with Gasteiger partial charge in [0.05, 0.1) is 17.6 Å². The van der Waals surface area contributed by atoms with Gasteiger partial charge < -0.3 is 10.2 Å². The lowest BCUT2D eigenvalue weighted by molar-refractivity contribution is 0.351. The number of rotatable bonds is 1. The molecule has 4 heteroatoms. The Morgan fingerprint density at radius 3 is 2.69 bits per heavy atom. The van der Waals surface area contributed by atoms with Crippen molar-refractivity contribution in [3.63, 3.8) is 0 Å². The number of anilines is 1. The standard InChI is InChI=1S/C12H20N4/c1-9-10(2)15-11(7-13-9)16-6-5-14-12(3,4)8-16/h7,14H,5-6,8H2,1-4H3. The summed E-state index contributed by atoms with van der Waals surface area (Å²) in [6.07, 6.45) is 1.88. The number of hydrogen-bond acceptors (Lipinski definition) is 4. The number of piperazine rings is 1. The van der Waals surface area contributed by atoms with Crippen molar-refractivity contribution < 1.29 is 0 Å². The number of nitrogens with zero attached hydrogens (tertiary/aromatic N) is 3. The van der Waals surface area contributed by atoms with E-state index in [4.69, 9.17) is 0 Å². The Kier molecular flexibility index (Phi) is 2.84. The molecule has 0 aliphatic carbocycles. The summed E-state index contributed by atoms with van der Waals surface area (Å²) >= 11 is 0. The zero-order valence-corrected chi connectivity index (χ0v) is 10.5. The average Bonchev–Trinajstić information content (AvgIpc) is 2.20. The summed E-state index contributed by atoms with van der Waals surface area (Å²) in [6, 6.07) is 0. The summed E-state index contributed by atoms with van der Waals surface area (Å²) in [5.41, 5.74) is 2.19. The van der Waals surface area contributed by atoms with E-state index in [1.807, 2.05) is 20.0 Å². The van der Waals surface area contributed by atoms with Gasteiger partial charge in [0.15, 0.2) is 0 Å². The van der Waals surface area contributed by atoms with Crippen LogP contribution < -0.4 is 10.2 Å². The van der Waals surface area contributed by atoms with Gasteiger partial charge in [0.2, 0.25) is 0 Å². The van der Waals surface area contributed by atoms with Gasteiger partial charge in [-0.1, -0.05) is 0 Å². The molecule has 1 N–H and O–H groups in total. The Labute approximate surface area is 97.1 Å². The maximum absolute atomic E-state index is 4.60. The van der Waals surface area contributed by atoms with Crippen molar-refractivity contribution in [2.75, 3.05) is 24.5 Å². The first-order valence-corrected chi connectivity index (χ1v) is 5.78. The maximum atomic E-state index is 4.60. The van der Waals surface area contributed by atoms with E-state index in [-0.39, 0.29) is 5.54 Å². The molecule has 0 bridgehead atoms. The largest absolute Gasteiger partial charge is 0.352 e. The first kappa shape index (κ1) is 11.3. The molecule has 0 saturated carbocycles. The van der Waals surface area contributed by atoms with Gasteiger partial charge in [-0.3, -0.25) is 4.98 Å². The summed E-state index contributed by atoms with van der Waals surface area (Å²) in [5.74, 6) is 0.998. The third-order valence-corrected chi connectivity index (χ3v) is 3.07. The van der Waals surface area contributed by atoms with E-state index in [0.717, 1.165) is 36.8 Å². The molecule has 88 valence electrons. The van der Waals surface area contributed by atoms with Gasteiger partial charge in [-0.25, -0.2) is 4.98 Å². The minimum absolute atomic E-state index is 0.152. The second kappa shape index (κ2) is 4.01. The van der Waals surface area contributed by atoms with Crippen molar-refractivity contribution in [2.45, 2.75) is 33.2 Å². The molecule has 0 spiro atoms. The van der Waals surface area contributed by atoms with Crippen LogP contribution in [0.2, 0.25) is 0 Å². The normalized spacial score (nSPS) is 19.9. The highest BCUT2D eigenvalue weighted by Gasteiger charge is 2.26. The van der Waals surface area contributed by atoms with Crippen LogP contribution in [0.1, 0.15) is 25.2 Å². The van der Waals surface area contributed by atoms with Crippen LogP contribution in [0.25, 0.3) is 0 Å². The van der Waals surface area contributed by atoms with E-state index in [9.17, 15) is 0 Å². The molecule has 2 rings (SSSR count). The van der Waals surface area contributed by atoms with E-state index in [2.05, 4.69) is 34.0 Å². The molecule has 1 aliphatic heterocycles. The third kappa shape index (κ3) is 2.32. The predicted octanol–water partition coefficient (Wildman–Crippen LogP) is 1.28. The molecule has 1 fully saturated rings. The Morgan fingerprint density at radius 1 is 1.31 bits per heavy atom. The fourth-order valence-corrected chi connectivity index (χ4v) is 2.02. The molecule has 1 aromatic heterocycles. The first-order valence-electron chi connectivity index (χ1n) is 5.78. The van der Waals surface area contributed by atoms with Gasteiger partial charge in [-0.05, 0) is 27.7 Å². The van der Waals surface area contributed by atoms with Gasteiger partial charge in [0.1, 0.15) is 5.82 Å². The summed E-state index contributed by atoms with van der Waals surface area (Å²) in [5, 5.41) is 3.49. The lowest BCUT2D eigenvalue weighted by Crippen LogP contribution is -2.57. The summed E-state index contributed by atoms with van der Waals surface area (Å²) in [7, 11) is 0. The zero-order chi connectivity index (χ0) is 11.8. The molecular weight excluding hydrogens is 200 g/mol. The minimum atomic E-state index is 0.152. The Hall–Kier alpha value is -1.16. The molecule has 0 amide bonds. The second-order valence-corrected chi connectivity index (χ2v) is 5.13. The van der Waals surface area contributed by atoms with Gasteiger partial charge in [-0.2, -0.15) is 0 Å². The Morgan fingerprint density at radius 2 is 2.06 bits per heavy atom. The van der Waals surface area contributed by atoms with Crippen LogP contribution >= 0.6 is 0 Å². The average molecular weight is 220 g/mol. The van der Waals surface area contributed by atoms with Gasteiger partial charge in [0, 0.05) is 25.2 Å². The monoisotopic (exact) mass is 220 g/mol. The topological polar surface area (TPSA) is 41.1 Å². The van der Waals surface area contributed by atoms with E-state index in [1.54, 1.807) is 0 Å². The first-order chi connectivity index (χ1) is 7.48. The minimum Gasteiger partial charge on any atom is -0.352 e. The van der Waals surface area contributed by atoms with Crippen LogP contribution in [0.3, 0.4) is 0 Å². The molecular formula is C12H20N4. The highest BCUT2D eigenvalue weighted by Crippen LogP contribution is 2.17. The lowest BCUT2D eigenvalue weighted by Gasteiger charge is -2.39. The second-order valence-electron chi connectivity index (χ2n) is 5.13. The van der Waals surface area contributed by atoms with Crippen LogP contribution in [-0.2, 0) is 0 Å². The van der Waals surface area contributed by atoms with Crippen molar-refractivity contribution in [1.29, 1.82) is 0 Å². The number of aryl methyl sites for hydroxylation is 2. The van der Waals surface area contributed by atoms with E-state index in [1.165, 1.54) is 0 Å². The molecule has 2 heterocycles. The van der Waals surface area contributed by atoms with Crippen molar-refractivity contribution in [1.82, 2.24) is 15.3 Å². The molecule has 16 heavy (non-hydrogen) atoms. The lowest BCUT2D eigenvalue weighted by atomic mass is 10.0. The molecule has 0 atom stereocenters. The van der Waals surface area contributed by atoms with Crippen molar-refractivity contribution in [2.24, 2.45) is 0 Å². The Bertz CT molecular complexity index is 387. The van der Waals surface area contributed by atoms with Crippen molar-refractivity contribution >= 4 is 5.82 Å². The highest BCUT2D eigenvalue weighted by molar-refractivity contribution is 5.39. The summed E-state index contributed by atoms with van der Waals surface area (Å²) in [6.45, 7) is 11.4. The van der Waals surface area contributed by atoms with E-state index in [0.29, 0.717) is 0 Å². The summed E-state index contributed by atoms with van der Waals surface area (Å²) < 4.78 is 0. The SMILES string of the molecule is Cc1ncc(N2CCNC(C)(C)C2)nc1C. The van der Waals surface area contributed by atoms with E-state index < -0.39 is 0 Å². The summed E-state index contributed by atoms with van der Waals surface area (Å²) in [4.78, 5) is 11.3. The van der Waals surface area contributed by atoms with Gasteiger partial charge >= 0.3 is 0 Å². The molecule has 1 aromatic rings. The van der Waals surface area contributed by atoms with E-state index >= 15 is 0 Å². The molecule has 0 unspecified atom stereocenters. The van der Waals surface area contributed by atoms with Gasteiger partial charge in [0.25, 0.3) is 0 Å². The van der Waals surface area contributed by atoms with Crippen LogP contribution in [0.5, 0.6) is 0 Å². The van der Waals surface area contributed by atoms with Crippen molar-refractivity contribution in [3.05, 3.63) is 17.6 Å². The quantitative estimate of drug-likeness (QED) is 0.774. The third-order valence-electron chi connectivity index (χ3n) is 3.07. The number of hydrogen-bond donors (Lipinski definition) is 1. The van der Waals surface area contributed by atoms with Crippen LogP contribution in [0.4, 0.5) is 5.82 Å². The van der Waals surface area contributed by atoms with Crippen LogP contribution in [-0.4, -0.2) is 35.1 Å². The molecule has 4 nitrogen and oxygen atoms in total. The molecule has 1 aliphatic rings. The molecule has 1 saturated heterocycles. The van der Waals surface area contributed by atoms with Gasteiger partial charge in [-0.15, -0.1) is 0 Å². The smallest absolute Gasteiger partial charge is 0.147 e. The van der Waals surface area contributed by atoms with Crippen LogP contribution in [0, 0.1) is 13.8 Å². The van der Waals surface area contributed by atoms with Crippen LogP contribution in [0.15, 0.2) is 6.20 Å². The fraction of sp³-hybridized carbons (Fsp3) is 0.667. The highest BCUT2D eigenvalue weighted by atomic mass is 15.3. The Balaban J connectivity index is 2.20. The molecule has 0 radical (unpaired) electrons. The molecule has 0 aromatic carbocycles. The maximum Gasteiger partial charge on any atom is 0.147 e. The zero-order valence-electron chi connectivity index (χ0n) is 10.5. The fourth-order valence-electron chi connectivity index (χ4n) is 2.02. The van der Waals surface area contributed by atoms with Crippen molar-refractivity contribution in [3.8, 4) is 0 Å².